The fourth-order valence-electron chi connectivity index (χ4n) is 1.68. The van der Waals surface area contributed by atoms with Gasteiger partial charge in [0.15, 0.2) is 0 Å². The third-order valence-corrected chi connectivity index (χ3v) is 4.68. The summed E-state index contributed by atoms with van der Waals surface area (Å²) in [6.45, 7) is 0.711. The summed E-state index contributed by atoms with van der Waals surface area (Å²) in [4.78, 5) is 13.0. The number of benzene rings is 1. The van der Waals surface area contributed by atoms with E-state index < -0.39 is 0 Å². The molecule has 2 rings (SSSR count). The average molecular weight is 291 g/mol. The van der Waals surface area contributed by atoms with E-state index in [1.807, 2.05) is 24.3 Å². The van der Waals surface area contributed by atoms with E-state index >= 15 is 0 Å². The van der Waals surface area contributed by atoms with Crippen LogP contribution in [0.1, 0.15) is 10.4 Å². The minimum atomic E-state index is 0.123. The van der Waals surface area contributed by atoms with E-state index in [4.69, 9.17) is 0 Å². The number of carbonyl (C=O) groups excluding carboxylic acids is 1. The van der Waals surface area contributed by atoms with Gasteiger partial charge in [0.05, 0.1) is 5.75 Å². The average Bonchev–Trinajstić information content (AvgIpc) is 2.93. The van der Waals surface area contributed by atoms with Crippen LogP contribution in [0.25, 0.3) is 0 Å². The zero-order chi connectivity index (χ0) is 13.3. The van der Waals surface area contributed by atoms with E-state index in [1.54, 1.807) is 23.1 Å². The fraction of sp³-hybridized carbons (Fsp3) is 0.267. The molecule has 0 atom stereocenters. The Morgan fingerprint density at radius 2 is 2.00 bits per heavy atom. The van der Waals surface area contributed by atoms with E-state index in [0.29, 0.717) is 12.3 Å². The van der Waals surface area contributed by atoms with E-state index in [-0.39, 0.29) is 5.91 Å². The minimum absolute atomic E-state index is 0.123. The van der Waals surface area contributed by atoms with Crippen molar-refractivity contribution in [3.8, 4) is 0 Å². The molecular formula is C15H17NOS2. The summed E-state index contributed by atoms with van der Waals surface area (Å²) >= 11 is 3.40. The number of amides is 1. The smallest absolute Gasteiger partial charge is 0.230 e. The standard InChI is InChI=1S/C15H17NOS2/c17-15(12-18-11-14-7-4-10-19-14)16-9-8-13-5-2-1-3-6-13/h1-7,10H,8-9,11-12H2,(H,16,17). The summed E-state index contributed by atoms with van der Waals surface area (Å²) < 4.78 is 0. The molecule has 1 aromatic carbocycles. The highest BCUT2D eigenvalue weighted by atomic mass is 32.2. The van der Waals surface area contributed by atoms with Crippen LogP contribution in [0.5, 0.6) is 0 Å². The van der Waals surface area contributed by atoms with Crippen molar-refractivity contribution in [2.24, 2.45) is 0 Å². The number of thioether (sulfide) groups is 1. The molecule has 0 unspecified atom stereocenters. The molecule has 0 bridgehead atoms. The normalized spacial score (nSPS) is 10.3. The molecule has 100 valence electrons. The molecule has 19 heavy (non-hydrogen) atoms. The van der Waals surface area contributed by atoms with Gasteiger partial charge in [0.2, 0.25) is 5.91 Å². The molecule has 2 aromatic rings. The number of rotatable bonds is 7. The fourth-order valence-corrected chi connectivity index (χ4v) is 3.38. The summed E-state index contributed by atoms with van der Waals surface area (Å²) in [5, 5.41) is 5.02. The van der Waals surface area contributed by atoms with Crippen LogP contribution in [0.4, 0.5) is 0 Å². The lowest BCUT2D eigenvalue weighted by Gasteiger charge is -2.05. The Balaban J connectivity index is 1.57. The molecule has 0 saturated heterocycles. The quantitative estimate of drug-likeness (QED) is 0.847. The van der Waals surface area contributed by atoms with Crippen molar-refractivity contribution < 1.29 is 4.79 Å². The molecule has 0 aliphatic carbocycles. The highest BCUT2D eigenvalue weighted by molar-refractivity contribution is 7.99. The number of thiophene rings is 1. The Labute approximate surface area is 122 Å². The second-order valence-corrected chi connectivity index (χ2v) is 6.18. The van der Waals surface area contributed by atoms with Crippen LogP contribution < -0.4 is 5.32 Å². The van der Waals surface area contributed by atoms with Gasteiger partial charge < -0.3 is 5.32 Å². The molecule has 1 aromatic heterocycles. The van der Waals surface area contributed by atoms with Crippen LogP contribution >= 0.6 is 23.1 Å². The van der Waals surface area contributed by atoms with Crippen molar-refractivity contribution in [3.63, 3.8) is 0 Å². The van der Waals surface area contributed by atoms with Crippen LogP contribution in [-0.2, 0) is 17.0 Å². The van der Waals surface area contributed by atoms with Gasteiger partial charge in [0.25, 0.3) is 0 Å². The lowest BCUT2D eigenvalue weighted by Crippen LogP contribution is -2.27. The molecule has 4 heteroatoms. The molecule has 0 aliphatic rings. The molecule has 1 heterocycles. The van der Waals surface area contributed by atoms with Crippen molar-refractivity contribution in [2.75, 3.05) is 12.3 Å². The van der Waals surface area contributed by atoms with Gasteiger partial charge in [0.1, 0.15) is 0 Å². The van der Waals surface area contributed by atoms with Crippen LogP contribution in [0.3, 0.4) is 0 Å². The summed E-state index contributed by atoms with van der Waals surface area (Å²) in [5.41, 5.74) is 1.26. The second-order valence-electron chi connectivity index (χ2n) is 4.16. The summed E-state index contributed by atoms with van der Waals surface area (Å²) in [6, 6.07) is 14.4. The zero-order valence-electron chi connectivity index (χ0n) is 10.7. The predicted molar refractivity (Wildman–Crippen MR) is 83.6 cm³/mol. The molecule has 0 spiro atoms. The summed E-state index contributed by atoms with van der Waals surface area (Å²) in [7, 11) is 0. The maximum atomic E-state index is 11.6. The highest BCUT2D eigenvalue weighted by Gasteiger charge is 2.02. The lowest BCUT2D eigenvalue weighted by molar-refractivity contribution is -0.118. The lowest BCUT2D eigenvalue weighted by atomic mass is 10.1. The molecule has 2 nitrogen and oxygen atoms in total. The minimum Gasteiger partial charge on any atom is -0.355 e. The Morgan fingerprint density at radius 3 is 2.74 bits per heavy atom. The van der Waals surface area contributed by atoms with Crippen molar-refractivity contribution in [1.82, 2.24) is 5.32 Å². The topological polar surface area (TPSA) is 29.1 Å². The highest BCUT2D eigenvalue weighted by Crippen LogP contribution is 2.16. The first-order valence-electron chi connectivity index (χ1n) is 6.25. The van der Waals surface area contributed by atoms with Gasteiger partial charge in [-0.05, 0) is 23.4 Å². The van der Waals surface area contributed by atoms with Crippen LogP contribution in [0.15, 0.2) is 47.8 Å². The van der Waals surface area contributed by atoms with E-state index in [9.17, 15) is 4.79 Å². The van der Waals surface area contributed by atoms with Crippen molar-refractivity contribution >= 4 is 29.0 Å². The first-order chi connectivity index (χ1) is 9.34. The van der Waals surface area contributed by atoms with Gasteiger partial charge in [0, 0.05) is 17.2 Å². The Bertz CT molecular complexity index is 482. The molecule has 1 amide bonds. The van der Waals surface area contributed by atoms with Crippen LogP contribution in [0.2, 0.25) is 0 Å². The number of carbonyl (C=O) groups is 1. The SMILES string of the molecule is O=C(CSCc1cccs1)NCCc1ccccc1. The Hall–Kier alpha value is -1.26. The molecule has 0 fully saturated rings. The number of hydrogen-bond donors (Lipinski definition) is 1. The van der Waals surface area contributed by atoms with E-state index in [2.05, 4.69) is 28.9 Å². The summed E-state index contributed by atoms with van der Waals surface area (Å²) in [6.07, 6.45) is 0.891. The first kappa shape index (κ1) is 14.2. The second kappa shape index (κ2) is 8.02. The van der Waals surface area contributed by atoms with Crippen molar-refractivity contribution in [3.05, 3.63) is 58.3 Å². The predicted octanol–water partition coefficient (Wildman–Crippen LogP) is 3.34. The third kappa shape index (κ3) is 5.49. The molecular weight excluding hydrogens is 274 g/mol. The van der Waals surface area contributed by atoms with Gasteiger partial charge in [-0.15, -0.1) is 23.1 Å². The van der Waals surface area contributed by atoms with E-state index in [0.717, 1.165) is 12.2 Å². The largest absolute Gasteiger partial charge is 0.355 e. The maximum Gasteiger partial charge on any atom is 0.230 e. The van der Waals surface area contributed by atoms with Crippen LogP contribution in [0, 0.1) is 0 Å². The zero-order valence-corrected chi connectivity index (χ0v) is 12.3. The molecule has 0 saturated carbocycles. The van der Waals surface area contributed by atoms with Gasteiger partial charge >= 0.3 is 0 Å². The molecule has 1 N–H and O–H groups in total. The van der Waals surface area contributed by atoms with Crippen molar-refractivity contribution in [1.29, 1.82) is 0 Å². The van der Waals surface area contributed by atoms with Gasteiger partial charge in [-0.2, -0.15) is 0 Å². The Morgan fingerprint density at radius 1 is 1.16 bits per heavy atom. The van der Waals surface area contributed by atoms with E-state index in [1.165, 1.54) is 10.4 Å². The van der Waals surface area contributed by atoms with Crippen LogP contribution in [-0.4, -0.2) is 18.2 Å². The van der Waals surface area contributed by atoms with Crippen molar-refractivity contribution in [2.45, 2.75) is 12.2 Å². The van der Waals surface area contributed by atoms with Gasteiger partial charge in [-0.25, -0.2) is 0 Å². The molecule has 0 radical (unpaired) electrons. The summed E-state index contributed by atoms with van der Waals surface area (Å²) in [5.74, 6) is 1.58. The monoisotopic (exact) mass is 291 g/mol. The Kier molecular flexibility index (Phi) is 5.98. The first-order valence-corrected chi connectivity index (χ1v) is 8.29. The van der Waals surface area contributed by atoms with Gasteiger partial charge in [-0.1, -0.05) is 36.4 Å². The maximum absolute atomic E-state index is 11.6. The molecule has 0 aliphatic heterocycles. The third-order valence-electron chi connectivity index (χ3n) is 2.64. The number of hydrogen-bond acceptors (Lipinski definition) is 3. The number of nitrogens with one attached hydrogen (secondary N) is 1. The van der Waals surface area contributed by atoms with Gasteiger partial charge in [-0.3, -0.25) is 4.79 Å².